The molecular formula is C30H44O8. The Balaban J connectivity index is 1.51. The van der Waals surface area contributed by atoms with Gasteiger partial charge in [-0.05, 0) is 43.1 Å². The van der Waals surface area contributed by atoms with Crippen LogP contribution in [0.5, 0.6) is 0 Å². The van der Waals surface area contributed by atoms with Crippen LogP contribution in [0.1, 0.15) is 79.1 Å². The first-order valence-electron chi connectivity index (χ1n) is 14.9. The molecule has 212 valence electrons. The van der Waals surface area contributed by atoms with E-state index in [0.29, 0.717) is 12.8 Å². The van der Waals surface area contributed by atoms with Crippen LogP contribution in [0.2, 0.25) is 0 Å². The van der Waals surface area contributed by atoms with Gasteiger partial charge in [0.15, 0.2) is 11.4 Å². The lowest BCUT2D eigenvalue weighted by molar-refractivity contribution is -0.436. The fraction of sp³-hybridized carbons (Fsp3) is 0.900. The maximum absolute atomic E-state index is 14.2. The van der Waals surface area contributed by atoms with E-state index in [2.05, 4.69) is 20.4 Å². The fourth-order valence-corrected chi connectivity index (χ4v) is 10.4. The summed E-state index contributed by atoms with van der Waals surface area (Å²) in [7, 11) is 0. The Morgan fingerprint density at radius 2 is 1.76 bits per heavy atom. The lowest BCUT2D eigenvalue weighted by atomic mass is 9.52. The number of hydrogen-bond donors (Lipinski definition) is 3. The zero-order valence-corrected chi connectivity index (χ0v) is 23.2. The Kier molecular flexibility index (Phi) is 5.42. The molecule has 0 aromatic rings. The van der Waals surface area contributed by atoms with Crippen molar-refractivity contribution in [2.75, 3.05) is 6.61 Å². The summed E-state index contributed by atoms with van der Waals surface area (Å²) < 4.78 is 27.2. The van der Waals surface area contributed by atoms with Gasteiger partial charge in [0.05, 0.1) is 12.2 Å². The van der Waals surface area contributed by atoms with Gasteiger partial charge in [0, 0.05) is 24.2 Å². The number of ketones is 1. The molecule has 7 aliphatic rings. The number of carbonyl (C=O) groups is 1. The van der Waals surface area contributed by atoms with Crippen LogP contribution in [-0.4, -0.2) is 74.4 Å². The second-order valence-corrected chi connectivity index (χ2v) is 14.0. The normalized spacial score (nSPS) is 60.8. The van der Waals surface area contributed by atoms with E-state index in [1.54, 1.807) is 0 Å². The summed E-state index contributed by atoms with van der Waals surface area (Å²) in [5.74, 6) is -3.48. The van der Waals surface area contributed by atoms with Crippen molar-refractivity contribution in [3.8, 4) is 0 Å². The Morgan fingerprint density at radius 3 is 2.47 bits per heavy atom. The maximum atomic E-state index is 14.2. The lowest BCUT2D eigenvalue weighted by Crippen LogP contribution is -2.73. The summed E-state index contributed by atoms with van der Waals surface area (Å²) in [4.78, 5) is 14.2. The van der Waals surface area contributed by atoms with E-state index in [0.717, 1.165) is 44.1 Å². The van der Waals surface area contributed by atoms with Crippen LogP contribution in [0.15, 0.2) is 12.2 Å². The smallest absolute Gasteiger partial charge is 0.284 e. The van der Waals surface area contributed by atoms with Gasteiger partial charge in [-0.2, -0.15) is 0 Å². The maximum Gasteiger partial charge on any atom is 0.284 e. The van der Waals surface area contributed by atoms with Crippen molar-refractivity contribution in [1.82, 2.24) is 0 Å². The number of rotatable bonds is 2. The molecule has 7 rings (SSSR count). The molecule has 0 aromatic heterocycles. The zero-order chi connectivity index (χ0) is 27.0. The average Bonchev–Trinajstić information content (AvgIpc) is 3.52. The molecule has 0 radical (unpaired) electrons. The van der Waals surface area contributed by atoms with Gasteiger partial charge in [-0.1, -0.05) is 59.5 Å². The number of fused-ring (bicyclic) bond motifs is 1. The molecule has 4 aliphatic heterocycles. The number of epoxide rings is 1. The molecule has 2 spiro atoms. The van der Waals surface area contributed by atoms with Crippen LogP contribution in [0.3, 0.4) is 0 Å². The predicted octanol–water partition coefficient (Wildman–Crippen LogP) is 2.86. The van der Waals surface area contributed by atoms with Gasteiger partial charge < -0.3 is 34.3 Å². The Bertz CT molecular complexity index is 1060. The van der Waals surface area contributed by atoms with Crippen LogP contribution < -0.4 is 0 Å². The molecule has 8 nitrogen and oxygen atoms in total. The molecule has 14 atom stereocenters. The number of carbonyl (C=O) groups excluding carboxylic acids is 1. The number of aliphatic hydroxyl groups is 3. The standard InChI is InChI=1S/C30H44O8/c1-15(2)26-13-17(4)30-20-23(26)36-28(37-26,38-30)12-10-8-6-7-9-11-16(3)19-18(5)22(32)29(34,21(19)30)25(33)27(14-31)24(20)35-27/h16-21,23-25,31,33-34H,1,6-14H2,2-5H3/t16-,17-,18+,19-,20-,21-,23-,24+,25-,26-,27+,28?,29-,30-/m1/s1. The second-order valence-electron chi connectivity index (χ2n) is 14.0. The molecule has 3 saturated carbocycles. The highest BCUT2D eigenvalue weighted by molar-refractivity contribution is 5.93. The molecule has 4 saturated heterocycles. The van der Waals surface area contributed by atoms with E-state index < -0.39 is 71.0 Å². The Hall–Kier alpha value is -0.870. The topological polar surface area (TPSA) is 118 Å². The number of hydrogen-bond acceptors (Lipinski definition) is 8. The average molecular weight is 533 g/mol. The van der Waals surface area contributed by atoms with Gasteiger partial charge in [0.2, 0.25) is 0 Å². The third-order valence-electron chi connectivity index (χ3n) is 12.1. The van der Waals surface area contributed by atoms with Crippen LogP contribution in [0, 0.1) is 35.5 Å². The molecule has 0 amide bonds. The SMILES string of the molecule is C=C(C)[C@]12C[C@@H](C)[C@@]34OC5(CCCCCCC[C@@H](C)[C@@H]6[C@H](C)C(=O)[C@@](O)([C@H](O)[C@@]7(CO)O[C@H]7[C@H]3[C@H]1O5)[C@@H]64)O2. The van der Waals surface area contributed by atoms with Crippen molar-refractivity contribution < 1.29 is 39.1 Å². The third kappa shape index (κ3) is 2.74. The molecule has 3 aliphatic carbocycles. The molecule has 1 unspecified atom stereocenters. The van der Waals surface area contributed by atoms with Crippen molar-refractivity contribution in [3.63, 3.8) is 0 Å². The number of aliphatic hydroxyl groups excluding tert-OH is 2. The van der Waals surface area contributed by atoms with E-state index >= 15 is 0 Å². The van der Waals surface area contributed by atoms with Crippen molar-refractivity contribution in [2.45, 2.75) is 126 Å². The minimum atomic E-state index is -2.11. The lowest BCUT2D eigenvalue weighted by Gasteiger charge is -2.61. The summed E-state index contributed by atoms with van der Waals surface area (Å²) in [5, 5.41) is 35.2. The van der Waals surface area contributed by atoms with Crippen molar-refractivity contribution >= 4 is 5.78 Å². The van der Waals surface area contributed by atoms with E-state index in [9.17, 15) is 20.1 Å². The highest BCUT2D eigenvalue weighted by atomic mass is 16.9. The van der Waals surface area contributed by atoms with Crippen molar-refractivity contribution in [3.05, 3.63) is 12.2 Å². The Labute approximate surface area is 225 Å². The van der Waals surface area contributed by atoms with Gasteiger partial charge in [0.25, 0.3) is 5.97 Å². The molecule has 0 aromatic carbocycles. The first kappa shape index (κ1) is 26.1. The molecule has 8 heteroatoms. The predicted molar refractivity (Wildman–Crippen MR) is 136 cm³/mol. The van der Waals surface area contributed by atoms with Crippen LogP contribution in [-0.2, 0) is 23.7 Å². The summed E-state index contributed by atoms with van der Waals surface area (Å²) in [6.07, 6.45) is 4.60. The van der Waals surface area contributed by atoms with Crippen molar-refractivity contribution in [1.29, 1.82) is 0 Å². The monoisotopic (exact) mass is 532 g/mol. The van der Waals surface area contributed by atoms with Gasteiger partial charge in [0.1, 0.15) is 29.5 Å². The first-order chi connectivity index (χ1) is 18.0. The summed E-state index contributed by atoms with van der Waals surface area (Å²) in [5.41, 5.74) is -4.56. The van der Waals surface area contributed by atoms with Gasteiger partial charge in [-0.25, -0.2) is 0 Å². The summed E-state index contributed by atoms with van der Waals surface area (Å²) in [6, 6.07) is 0. The molecule has 7 fully saturated rings. The Morgan fingerprint density at radius 1 is 1.05 bits per heavy atom. The summed E-state index contributed by atoms with van der Waals surface area (Å²) in [6.45, 7) is 12.0. The van der Waals surface area contributed by atoms with E-state index in [1.807, 2.05) is 13.8 Å². The highest BCUT2D eigenvalue weighted by Gasteiger charge is 2.89. The molecule has 3 bridgehead atoms. The molecule has 38 heavy (non-hydrogen) atoms. The molecule has 4 heterocycles. The van der Waals surface area contributed by atoms with Gasteiger partial charge in [-0.3, -0.25) is 4.79 Å². The molecule has 3 N–H and O–H groups in total. The van der Waals surface area contributed by atoms with Crippen molar-refractivity contribution in [2.24, 2.45) is 35.5 Å². The first-order valence-corrected chi connectivity index (χ1v) is 14.9. The second kappa shape index (κ2) is 7.90. The zero-order valence-electron chi connectivity index (χ0n) is 23.2. The minimum absolute atomic E-state index is 0.136. The largest absolute Gasteiger partial charge is 0.393 e. The number of Topliss-reactive ketones (excluding diaryl/α,β-unsaturated/α-hetero) is 1. The van der Waals surface area contributed by atoms with Crippen LogP contribution in [0.25, 0.3) is 0 Å². The third-order valence-corrected chi connectivity index (χ3v) is 12.1. The van der Waals surface area contributed by atoms with Gasteiger partial charge >= 0.3 is 0 Å². The quantitative estimate of drug-likeness (QED) is 0.367. The summed E-state index contributed by atoms with van der Waals surface area (Å²) >= 11 is 0. The molecular weight excluding hydrogens is 488 g/mol. The minimum Gasteiger partial charge on any atom is -0.393 e. The number of ether oxygens (including phenoxy) is 4. The fourth-order valence-electron chi connectivity index (χ4n) is 10.4. The van der Waals surface area contributed by atoms with Crippen LogP contribution in [0.4, 0.5) is 0 Å². The van der Waals surface area contributed by atoms with Crippen LogP contribution >= 0.6 is 0 Å². The highest BCUT2D eigenvalue weighted by Crippen LogP contribution is 2.74. The van der Waals surface area contributed by atoms with E-state index in [1.165, 1.54) is 0 Å². The van der Waals surface area contributed by atoms with E-state index in [-0.39, 0.29) is 23.5 Å². The van der Waals surface area contributed by atoms with E-state index in [4.69, 9.17) is 18.9 Å². The van der Waals surface area contributed by atoms with Gasteiger partial charge in [-0.15, -0.1) is 0 Å².